The molecule has 1 unspecified atom stereocenters. The number of non-ortho nitro benzene ring substituents is 1. The molecule has 0 saturated heterocycles. The Bertz CT molecular complexity index is 809. The standard InChI is InChI=1S/C16H23N3O9S/c1-12(11-29(24,25)9-8-17-15(20)10-26-18(2)3)27-16(21)28-14-6-4-13(5-7-14)19(22)23/h4-7,12H,8-11H2,1-3H3,(H,17,20). The molecule has 1 aromatic carbocycles. The van der Waals surface area contributed by atoms with Gasteiger partial charge < -0.3 is 14.8 Å². The van der Waals surface area contributed by atoms with Crippen LogP contribution in [0.15, 0.2) is 24.3 Å². The number of sulfone groups is 1. The molecule has 0 aliphatic carbocycles. The van der Waals surface area contributed by atoms with Gasteiger partial charge in [0.25, 0.3) is 5.69 Å². The number of nitro groups is 1. The number of carbonyl (C=O) groups is 2. The largest absolute Gasteiger partial charge is 0.514 e. The number of hydrogen-bond donors (Lipinski definition) is 1. The fourth-order valence-electron chi connectivity index (χ4n) is 1.98. The van der Waals surface area contributed by atoms with Gasteiger partial charge in [0, 0.05) is 32.8 Å². The molecule has 0 aliphatic rings. The maximum absolute atomic E-state index is 12.0. The van der Waals surface area contributed by atoms with Crippen molar-refractivity contribution in [3.63, 3.8) is 0 Å². The zero-order chi connectivity index (χ0) is 22.0. The maximum Gasteiger partial charge on any atom is 0.514 e. The third-order valence-corrected chi connectivity index (χ3v) is 5.03. The van der Waals surface area contributed by atoms with Crippen LogP contribution in [0.2, 0.25) is 0 Å². The smallest absolute Gasteiger partial charge is 0.430 e. The highest BCUT2D eigenvalue weighted by Gasteiger charge is 2.20. The van der Waals surface area contributed by atoms with E-state index >= 15 is 0 Å². The molecule has 1 aromatic rings. The third kappa shape index (κ3) is 10.4. The minimum atomic E-state index is -3.62. The molecule has 13 heteroatoms. The summed E-state index contributed by atoms with van der Waals surface area (Å²) in [6.07, 6.45) is -2.14. The summed E-state index contributed by atoms with van der Waals surface area (Å²) in [4.78, 5) is 38.1. The van der Waals surface area contributed by atoms with E-state index in [9.17, 15) is 28.1 Å². The molecule has 0 heterocycles. The molecule has 1 atom stereocenters. The molecule has 162 valence electrons. The van der Waals surface area contributed by atoms with Crippen LogP contribution in [-0.4, -0.2) is 75.3 Å². The number of nitrogens with zero attached hydrogens (tertiary/aromatic N) is 2. The molecule has 0 radical (unpaired) electrons. The minimum Gasteiger partial charge on any atom is -0.430 e. The molecule has 1 N–H and O–H groups in total. The van der Waals surface area contributed by atoms with Crippen molar-refractivity contribution in [2.75, 3.05) is 38.8 Å². The molecular weight excluding hydrogens is 410 g/mol. The van der Waals surface area contributed by atoms with Gasteiger partial charge in [-0.3, -0.25) is 19.7 Å². The van der Waals surface area contributed by atoms with Crippen molar-refractivity contribution in [2.24, 2.45) is 0 Å². The fourth-order valence-corrected chi connectivity index (χ4v) is 3.34. The van der Waals surface area contributed by atoms with Gasteiger partial charge in [0.2, 0.25) is 5.91 Å². The summed E-state index contributed by atoms with van der Waals surface area (Å²) in [5, 5.41) is 14.3. The minimum absolute atomic E-state index is 0.0123. The van der Waals surface area contributed by atoms with Gasteiger partial charge in [-0.1, -0.05) is 0 Å². The zero-order valence-electron chi connectivity index (χ0n) is 16.2. The number of hydrogen-bond acceptors (Lipinski definition) is 10. The SMILES string of the molecule is CC(CS(=O)(=O)CCNC(=O)CON(C)C)OC(=O)Oc1ccc([N+](=O)[O-])cc1. The van der Waals surface area contributed by atoms with Crippen LogP contribution in [0.5, 0.6) is 5.75 Å². The van der Waals surface area contributed by atoms with Gasteiger partial charge in [0.15, 0.2) is 9.84 Å². The Morgan fingerprint density at radius 1 is 1.24 bits per heavy atom. The average molecular weight is 433 g/mol. The van der Waals surface area contributed by atoms with Crippen molar-refractivity contribution in [3.05, 3.63) is 34.4 Å². The number of rotatable bonds is 11. The number of hydroxylamine groups is 2. The van der Waals surface area contributed by atoms with E-state index < -0.39 is 38.7 Å². The first-order valence-electron chi connectivity index (χ1n) is 8.39. The normalized spacial score (nSPS) is 12.3. The van der Waals surface area contributed by atoms with E-state index in [0.717, 1.165) is 12.1 Å². The molecule has 12 nitrogen and oxygen atoms in total. The van der Waals surface area contributed by atoms with Crippen molar-refractivity contribution >= 4 is 27.6 Å². The first kappa shape index (κ1) is 24.3. The Balaban J connectivity index is 2.39. The van der Waals surface area contributed by atoms with Gasteiger partial charge in [-0.2, -0.15) is 5.06 Å². The van der Waals surface area contributed by atoms with Crippen LogP contribution >= 0.6 is 0 Å². The second-order valence-electron chi connectivity index (χ2n) is 6.08. The number of carbonyl (C=O) groups excluding carboxylic acids is 2. The molecule has 29 heavy (non-hydrogen) atoms. The van der Waals surface area contributed by atoms with Gasteiger partial charge in [0.1, 0.15) is 18.5 Å². The van der Waals surface area contributed by atoms with Crippen LogP contribution in [-0.2, 0) is 24.2 Å². The lowest BCUT2D eigenvalue weighted by molar-refractivity contribution is -0.384. The molecule has 0 saturated carbocycles. The molecule has 0 fully saturated rings. The topological polar surface area (TPSA) is 154 Å². The second kappa shape index (κ2) is 11.3. The molecule has 0 aliphatic heterocycles. The number of nitrogens with one attached hydrogen (secondary N) is 1. The van der Waals surface area contributed by atoms with E-state index in [4.69, 9.17) is 14.3 Å². The summed E-state index contributed by atoms with van der Waals surface area (Å²) in [7, 11) is -0.409. The maximum atomic E-state index is 12.0. The summed E-state index contributed by atoms with van der Waals surface area (Å²) in [6, 6.07) is 4.72. The van der Waals surface area contributed by atoms with Crippen molar-refractivity contribution in [2.45, 2.75) is 13.0 Å². The van der Waals surface area contributed by atoms with E-state index in [1.165, 1.54) is 24.1 Å². The second-order valence-corrected chi connectivity index (χ2v) is 8.31. The number of amides is 1. The Morgan fingerprint density at radius 3 is 2.41 bits per heavy atom. The molecule has 1 amide bonds. The van der Waals surface area contributed by atoms with E-state index in [1.807, 2.05) is 0 Å². The fraction of sp³-hybridized carbons (Fsp3) is 0.500. The highest BCUT2D eigenvalue weighted by molar-refractivity contribution is 7.91. The number of ether oxygens (including phenoxy) is 2. The monoisotopic (exact) mass is 433 g/mol. The van der Waals surface area contributed by atoms with E-state index in [-0.39, 0.29) is 30.3 Å². The van der Waals surface area contributed by atoms with Crippen LogP contribution in [0, 0.1) is 10.1 Å². The Labute approximate surface area is 167 Å². The van der Waals surface area contributed by atoms with Crippen molar-refractivity contribution in [3.8, 4) is 5.75 Å². The van der Waals surface area contributed by atoms with Crippen LogP contribution in [0.3, 0.4) is 0 Å². The number of nitro benzene ring substituents is 1. The van der Waals surface area contributed by atoms with E-state index in [1.54, 1.807) is 14.1 Å². The molecule has 0 bridgehead atoms. The lowest BCUT2D eigenvalue weighted by Gasteiger charge is -2.14. The van der Waals surface area contributed by atoms with Crippen molar-refractivity contribution < 1.29 is 37.2 Å². The van der Waals surface area contributed by atoms with Crippen LogP contribution in [0.4, 0.5) is 10.5 Å². The molecule has 1 rings (SSSR count). The average Bonchev–Trinajstić information content (AvgIpc) is 2.59. The lowest BCUT2D eigenvalue weighted by Crippen LogP contribution is -2.35. The van der Waals surface area contributed by atoms with Crippen LogP contribution in [0.25, 0.3) is 0 Å². The Morgan fingerprint density at radius 2 is 1.86 bits per heavy atom. The van der Waals surface area contributed by atoms with Crippen molar-refractivity contribution in [1.82, 2.24) is 10.4 Å². The molecule has 0 aromatic heterocycles. The molecular formula is C16H23N3O9S. The predicted molar refractivity (Wildman–Crippen MR) is 101 cm³/mol. The van der Waals surface area contributed by atoms with Crippen LogP contribution in [0.1, 0.15) is 6.92 Å². The summed E-state index contributed by atoms with van der Waals surface area (Å²) < 4.78 is 33.8. The number of benzene rings is 1. The Kier molecular flexibility index (Phi) is 9.44. The van der Waals surface area contributed by atoms with Gasteiger partial charge in [-0.05, 0) is 19.1 Å². The van der Waals surface area contributed by atoms with Crippen LogP contribution < -0.4 is 10.1 Å². The summed E-state index contributed by atoms with van der Waals surface area (Å²) in [5.41, 5.74) is -0.175. The zero-order valence-corrected chi connectivity index (χ0v) is 17.0. The first-order valence-corrected chi connectivity index (χ1v) is 10.2. The van der Waals surface area contributed by atoms with Gasteiger partial charge in [-0.15, -0.1) is 0 Å². The summed E-state index contributed by atoms with van der Waals surface area (Å²) in [6.45, 7) is 1.02. The summed E-state index contributed by atoms with van der Waals surface area (Å²) >= 11 is 0. The van der Waals surface area contributed by atoms with Gasteiger partial charge in [0.05, 0.1) is 16.4 Å². The highest BCUT2D eigenvalue weighted by Crippen LogP contribution is 2.18. The van der Waals surface area contributed by atoms with Gasteiger partial charge >= 0.3 is 6.16 Å². The third-order valence-electron chi connectivity index (χ3n) is 3.22. The van der Waals surface area contributed by atoms with E-state index in [2.05, 4.69) is 5.32 Å². The van der Waals surface area contributed by atoms with Gasteiger partial charge in [-0.25, -0.2) is 13.2 Å². The van der Waals surface area contributed by atoms with E-state index in [0.29, 0.717) is 0 Å². The van der Waals surface area contributed by atoms with Crippen molar-refractivity contribution in [1.29, 1.82) is 0 Å². The first-order chi connectivity index (χ1) is 13.5. The predicted octanol–water partition coefficient (Wildman–Crippen LogP) is 0.523. The Hall–Kier alpha value is -2.77. The molecule has 0 spiro atoms. The highest BCUT2D eigenvalue weighted by atomic mass is 32.2. The summed E-state index contributed by atoms with van der Waals surface area (Å²) in [5.74, 6) is -1.26. The lowest BCUT2D eigenvalue weighted by atomic mass is 10.3. The quantitative estimate of drug-likeness (QED) is 0.226.